The van der Waals surface area contributed by atoms with E-state index >= 15 is 0 Å². The fraction of sp³-hybridized carbons (Fsp3) is 1.00. The molecule has 2 atom stereocenters. The van der Waals surface area contributed by atoms with Crippen LogP contribution < -0.4 is 0 Å². The molecule has 0 spiro atoms. The zero-order valence-electron chi connectivity index (χ0n) is 8.35. The first-order valence-corrected chi connectivity index (χ1v) is 4.81. The minimum Gasteiger partial charge on any atom is -0.306 e. The fourth-order valence-corrected chi connectivity index (χ4v) is 2.04. The second kappa shape index (κ2) is 3.14. The Morgan fingerprint density at radius 1 is 1.45 bits per heavy atom. The molecule has 66 valence electrons. The Morgan fingerprint density at radius 3 is 2.18 bits per heavy atom. The van der Waals surface area contributed by atoms with Crippen molar-refractivity contribution in [1.82, 2.24) is 4.90 Å². The largest absolute Gasteiger partial charge is 0.306 e. The molecule has 0 N–H and O–H groups in total. The second-order valence-corrected chi connectivity index (χ2v) is 4.46. The summed E-state index contributed by atoms with van der Waals surface area (Å²) >= 11 is 0. The van der Waals surface area contributed by atoms with Gasteiger partial charge in [0.1, 0.15) is 0 Å². The average molecular weight is 155 g/mol. The predicted octanol–water partition coefficient (Wildman–Crippen LogP) is 2.37. The van der Waals surface area contributed by atoms with Gasteiger partial charge in [0.2, 0.25) is 0 Å². The zero-order chi connectivity index (χ0) is 8.48. The van der Waals surface area contributed by atoms with E-state index in [1.165, 1.54) is 25.9 Å². The summed E-state index contributed by atoms with van der Waals surface area (Å²) in [6.45, 7) is 9.36. The molecule has 0 radical (unpaired) electrons. The van der Waals surface area contributed by atoms with Crippen molar-refractivity contribution in [3.8, 4) is 0 Å². The third-order valence-electron chi connectivity index (χ3n) is 2.70. The van der Waals surface area contributed by atoms with Gasteiger partial charge in [0, 0.05) is 13.1 Å². The smallest absolute Gasteiger partial charge is 0.00356 e. The van der Waals surface area contributed by atoms with E-state index in [0.717, 1.165) is 11.3 Å². The van der Waals surface area contributed by atoms with Crippen molar-refractivity contribution in [2.45, 2.75) is 33.6 Å². The van der Waals surface area contributed by atoms with Gasteiger partial charge in [0.05, 0.1) is 0 Å². The Balaban J connectivity index is 0.000000179. The lowest BCUT2D eigenvalue weighted by molar-refractivity contribution is 0.346. The molecule has 0 amide bonds. The third-order valence-corrected chi connectivity index (χ3v) is 2.70. The second-order valence-electron chi connectivity index (χ2n) is 4.46. The van der Waals surface area contributed by atoms with Crippen LogP contribution in [-0.4, -0.2) is 25.0 Å². The minimum atomic E-state index is 0.759. The summed E-state index contributed by atoms with van der Waals surface area (Å²) in [5.74, 6) is 1.06. The van der Waals surface area contributed by atoms with E-state index in [1.807, 2.05) is 0 Å². The van der Waals surface area contributed by atoms with Gasteiger partial charge >= 0.3 is 0 Å². The van der Waals surface area contributed by atoms with Crippen LogP contribution >= 0.6 is 0 Å². The maximum absolute atomic E-state index is 2.44. The first-order chi connectivity index (χ1) is 5.12. The van der Waals surface area contributed by atoms with Crippen molar-refractivity contribution in [2.75, 3.05) is 20.1 Å². The van der Waals surface area contributed by atoms with Gasteiger partial charge in [-0.1, -0.05) is 27.2 Å². The van der Waals surface area contributed by atoms with Gasteiger partial charge in [0.25, 0.3) is 0 Å². The molecule has 2 aliphatic rings. The number of likely N-dealkylation sites (tertiary alicyclic amines) is 1. The van der Waals surface area contributed by atoms with Gasteiger partial charge in [-0.2, -0.15) is 0 Å². The monoisotopic (exact) mass is 155 g/mol. The fourth-order valence-electron chi connectivity index (χ4n) is 2.04. The quantitative estimate of drug-likeness (QED) is 0.519. The molecular weight excluding hydrogens is 134 g/mol. The topological polar surface area (TPSA) is 3.24 Å². The Hall–Kier alpha value is -0.0400. The van der Waals surface area contributed by atoms with Crippen LogP contribution in [0, 0.1) is 11.3 Å². The highest BCUT2D eigenvalue weighted by Crippen LogP contribution is 2.56. The molecule has 2 fully saturated rings. The number of hydrogen-bond donors (Lipinski definition) is 0. The summed E-state index contributed by atoms with van der Waals surface area (Å²) in [5.41, 5.74) is 0.759. The average Bonchev–Trinajstić information content (AvgIpc) is 2.34. The predicted molar refractivity (Wildman–Crippen MR) is 49.7 cm³/mol. The van der Waals surface area contributed by atoms with Gasteiger partial charge in [-0.25, -0.2) is 0 Å². The normalized spacial score (nSPS) is 40.9. The molecular formula is C10H21N. The Kier molecular flexibility index (Phi) is 2.58. The number of hydrogen-bond acceptors (Lipinski definition) is 1. The number of piperidine rings is 1. The molecule has 2 unspecified atom stereocenters. The van der Waals surface area contributed by atoms with Gasteiger partial charge in [-0.05, 0) is 24.8 Å². The third kappa shape index (κ3) is 1.96. The van der Waals surface area contributed by atoms with E-state index in [9.17, 15) is 0 Å². The molecule has 2 rings (SSSR count). The highest BCUT2D eigenvalue weighted by Gasteiger charge is 2.54. The van der Waals surface area contributed by atoms with Crippen LogP contribution in [0.25, 0.3) is 0 Å². The van der Waals surface area contributed by atoms with E-state index in [4.69, 9.17) is 0 Å². The van der Waals surface area contributed by atoms with E-state index in [2.05, 4.69) is 32.7 Å². The van der Waals surface area contributed by atoms with Crippen LogP contribution in [0.1, 0.15) is 33.6 Å². The Morgan fingerprint density at radius 2 is 2.00 bits per heavy atom. The van der Waals surface area contributed by atoms with Gasteiger partial charge in [0.15, 0.2) is 0 Å². The minimum absolute atomic E-state index is 0.759. The molecule has 0 aromatic carbocycles. The van der Waals surface area contributed by atoms with Crippen molar-refractivity contribution in [1.29, 1.82) is 0 Å². The molecule has 0 bridgehead atoms. The summed E-state index contributed by atoms with van der Waals surface area (Å²) in [6.07, 6.45) is 2.75. The SMILES string of the molecule is CCC.CN1CC2CC2(C)C1. The summed E-state index contributed by atoms with van der Waals surface area (Å²) in [6, 6.07) is 0. The lowest BCUT2D eigenvalue weighted by Crippen LogP contribution is -2.18. The molecule has 1 saturated heterocycles. The van der Waals surface area contributed by atoms with Crippen LogP contribution in [0.2, 0.25) is 0 Å². The highest BCUT2D eigenvalue weighted by molar-refractivity contribution is 5.06. The van der Waals surface area contributed by atoms with E-state index < -0.39 is 0 Å². The van der Waals surface area contributed by atoms with Crippen LogP contribution in [0.15, 0.2) is 0 Å². The molecule has 1 heteroatoms. The van der Waals surface area contributed by atoms with Gasteiger partial charge < -0.3 is 4.90 Å². The van der Waals surface area contributed by atoms with Gasteiger partial charge in [-0.3, -0.25) is 0 Å². The van der Waals surface area contributed by atoms with E-state index in [1.54, 1.807) is 0 Å². The molecule has 0 aromatic heterocycles. The number of rotatable bonds is 0. The molecule has 11 heavy (non-hydrogen) atoms. The van der Waals surface area contributed by atoms with E-state index in [0.29, 0.717) is 0 Å². The summed E-state index contributed by atoms with van der Waals surface area (Å²) < 4.78 is 0. The standard InChI is InChI=1S/C7H13N.C3H8/c1-7-3-6(7)4-8(2)5-7;1-3-2/h6H,3-5H2,1-2H3;3H2,1-2H3. The first-order valence-electron chi connectivity index (χ1n) is 4.81. The summed E-state index contributed by atoms with van der Waals surface area (Å²) in [7, 11) is 2.22. The van der Waals surface area contributed by atoms with Crippen molar-refractivity contribution in [3.05, 3.63) is 0 Å². The van der Waals surface area contributed by atoms with Crippen LogP contribution in [-0.2, 0) is 0 Å². The van der Waals surface area contributed by atoms with E-state index in [-0.39, 0.29) is 0 Å². The van der Waals surface area contributed by atoms with Crippen LogP contribution in [0.4, 0.5) is 0 Å². The molecule has 1 saturated carbocycles. The van der Waals surface area contributed by atoms with Crippen molar-refractivity contribution in [2.24, 2.45) is 11.3 Å². The summed E-state index contributed by atoms with van der Waals surface area (Å²) in [5, 5.41) is 0. The molecule has 1 heterocycles. The maximum atomic E-state index is 2.44. The summed E-state index contributed by atoms with van der Waals surface area (Å²) in [4.78, 5) is 2.44. The molecule has 1 nitrogen and oxygen atoms in total. The Labute approximate surface area is 70.8 Å². The first kappa shape index (κ1) is 9.05. The number of fused-ring (bicyclic) bond motifs is 1. The van der Waals surface area contributed by atoms with Crippen LogP contribution in [0.3, 0.4) is 0 Å². The number of nitrogens with zero attached hydrogens (tertiary/aromatic N) is 1. The molecule has 1 aliphatic carbocycles. The van der Waals surface area contributed by atoms with Crippen molar-refractivity contribution in [3.63, 3.8) is 0 Å². The van der Waals surface area contributed by atoms with Crippen LogP contribution in [0.5, 0.6) is 0 Å². The lowest BCUT2D eigenvalue weighted by Gasteiger charge is -2.10. The van der Waals surface area contributed by atoms with Crippen molar-refractivity contribution >= 4 is 0 Å². The highest BCUT2D eigenvalue weighted by atomic mass is 15.2. The lowest BCUT2D eigenvalue weighted by atomic mass is 10.1. The Bertz CT molecular complexity index is 133. The molecule has 0 aromatic rings. The van der Waals surface area contributed by atoms with Crippen molar-refractivity contribution < 1.29 is 0 Å². The van der Waals surface area contributed by atoms with Gasteiger partial charge in [-0.15, -0.1) is 0 Å². The zero-order valence-corrected chi connectivity index (χ0v) is 8.35. The molecule has 1 aliphatic heterocycles. The maximum Gasteiger partial charge on any atom is 0.00356 e.